The Morgan fingerprint density at radius 1 is 0.868 bits per heavy atom. The Kier molecular flexibility index (Phi) is 5.00. The highest BCUT2D eigenvalue weighted by molar-refractivity contribution is 6.51. The van der Waals surface area contributed by atoms with Crippen LogP contribution in [0.25, 0.3) is 5.82 Å². The Morgan fingerprint density at radius 3 is 2.53 bits per heavy atom. The first-order valence-electron chi connectivity index (χ1n) is 12.5. The van der Waals surface area contributed by atoms with Gasteiger partial charge in [-0.05, 0) is 80.4 Å². The number of aryl methyl sites for hydroxylation is 3. The fraction of sp³-hybridized carbons (Fsp3) is 0.133. The summed E-state index contributed by atoms with van der Waals surface area (Å²) >= 11 is 0. The number of anilines is 2. The monoisotopic (exact) mass is 499 g/mol. The second kappa shape index (κ2) is 8.55. The van der Waals surface area contributed by atoms with Crippen molar-refractivity contribution in [1.29, 1.82) is 0 Å². The first-order chi connectivity index (χ1) is 18.6. The lowest BCUT2D eigenvalue weighted by Crippen LogP contribution is -2.46. The molecule has 5 aromatic rings. The standard InChI is InChI=1S/C30H25N7O/c1-18-13-14-21(17-19(18)2)32-28-30-34-29-26(20(3)35-37(29)25-12-6-7-15-31-25)27(24-11-8-16-38-24)36(30)23-10-5-4-9-22(23)33-28/h4-17,27H,1-3H3,(H,32,33)/t27-/m1/s1. The van der Waals surface area contributed by atoms with E-state index in [0.29, 0.717) is 23.3 Å². The molecule has 5 heterocycles. The second-order valence-electron chi connectivity index (χ2n) is 9.52. The number of benzene rings is 2. The average Bonchev–Trinajstić information content (AvgIpc) is 3.59. The fourth-order valence-corrected chi connectivity index (χ4v) is 5.11. The summed E-state index contributed by atoms with van der Waals surface area (Å²) in [5.74, 6) is 3.55. The van der Waals surface area contributed by atoms with Crippen molar-refractivity contribution in [2.45, 2.75) is 26.8 Å². The SMILES string of the molecule is Cc1ccc(NC2=Nc3ccccc3N3C2=Nc2c(c(C)nn2-c2ccccn2)[C@H]3c2ccco2)cc1C. The summed E-state index contributed by atoms with van der Waals surface area (Å²) in [6, 6.07) is 23.8. The van der Waals surface area contributed by atoms with Crippen molar-refractivity contribution in [2.24, 2.45) is 9.98 Å². The van der Waals surface area contributed by atoms with Gasteiger partial charge in [0.15, 0.2) is 23.3 Å². The van der Waals surface area contributed by atoms with Crippen molar-refractivity contribution in [3.63, 3.8) is 0 Å². The maximum absolute atomic E-state index is 6.04. The minimum atomic E-state index is -0.293. The number of para-hydroxylation sites is 2. The zero-order valence-corrected chi connectivity index (χ0v) is 21.3. The molecular formula is C30H25N7O. The van der Waals surface area contributed by atoms with E-state index in [9.17, 15) is 0 Å². The first-order valence-corrected chi connectivity index (χ1v) is 12.5. The molecule has 0 bridgehead atoms. The average molecular weight is 500 g/mol. The Balaban J connectivity index is 1.48. The third kappa shape index (κ3) is 3.45. The smallest absolute Gasteiger partial charge is 0.179 e. The number of pyridine rings is 1. The molecule has 8 heteroatoms. The van der Waals surface area contributed by atoms with Crippen molar-refractivity contribution in [3.05, 3.63) is 113 Å². The highest BCUT2D eigenvalue weighted by atomic mass is 16.3. The molecule has 2 aliphatic heterocycles. The van der Waals surface area contributed by atoms with Crippen LogP contribution in [0.5, 0.6) is 0 Å². The quantitative estimate of drug-likeness (QED) is 0.303. The lowest BCUT2D eigenvalue weighted by atomic mass is 9.98. The molecule has 2 aromatic carbocycles. The van der Waals surface area contributed by atoms with E-state index in [2.05, 4.69) is 53.3 Å². The van der Waals surface area contributed by atoms with Gasteiger partial charge in [0.25, 0.3) is 0 Å². The molecule has 3 aromatic heterocycles. The van der Waals surface area contributed by atoms with Crippen LogP contribution in [0.2, 0.25) is 0 Å². The number of furan rings is 1. The number of hydrogen-bond acceptors (Lipinski definition) is 7. The Hall–Kier alpha value is -4.98. The van der Waals surface area contributed by atoms with Gasteiger partial charge in [-0.2, -0.15) is 9.78 Å². The van der Waals surface area contributed by atoms with Crippen molar-refractivity contribution in [1.82, 2.24) is 14.8 Å². The molecule has 0 amide bonds. The van der Waals surface area contributed by atoms with Crippen LogP contribution in [0.3, 0.4) is 0 Å². The summed E-state index contributed by atoms with van der Waals surface area (Å²) in [5.41, 5.74) is 7.02. The summed E-state index contributed by atoms with van der Waals surface area (Å²) in [6.45, 7) is 6.22. The first kappa shape index (κ1) is 22.2. The molecule has 7 rings (SSSR count). The van der Waals surface area contributed by atoms with Crippen LogP contribution in [0.1, 0.15) is 34.2 Å². The van der Waals surface area contributed by atoms with Gasteiger partial charge in [-0.1, -0.05) is 24.3 Å². The molecule has 0 saturated heterocycles. The highest BCUT2D eigenvalue weighted by Gasteiger charge is 2.42. The molecular weight excluding hydrogens is 474 g/mol. The molecule has 8 nitrogen and oxygen atoms in total. The lowest BCUT2D eigenvalue weighted by molar-refractivity contribution is 0.487. The fourth-order valence-electron chi connectivity index (χ4n) is 5.11. The van der Waals surface area contributed by atoms with Crippen molar-refractivity contribution < 1.29 is 4.42 Å². The van der Waals surface area contributed by atoms with E-state index in [4.69, 9.17) is 19.5 Å². The third-order valence-electron chi connectivity index (χ3n) is 7.09. The molecule has 2 aliphatic rings. The van der Waals surface area contributed by atoms with Gasteiger partial charge < -0.3 is 14.6 Å². The molecule has 0 aliphatic carbocycles. The Morgan fingerprint density at radius 2 is 1.74 bits per heavy atom. The predicted molar refractivity (Wildman–Crippen MR) is 149 cm³/mol. The van der Waals surface area contributed by atoms with Crippen LogP contribution >= 0.6 is 0 Å². The summed E-state index contributed by atoms with van der Waals surface area (Å²) in [5, 5.41) is 8.44. The van der Waals surface area contributed by atoms with E-state index >= 15 is 0 Å². The number of aromatic nitrogens is 3. The number of nitrogens with zero attached hydrogens (tertiary/aromatic N) is 6. The normalized spacial score (nSPS) is 15.8. The maximum atomic E-state index is 6.04. The molecule has 0 spiro atoms. The number of amidine groups is 2. The van der Waals surface area contributed by atoms with Crippen LogP contribution in [0, 0.1) is 20.8 Å². The van der Waals surface area contributed by atoms with Gasteiger partial charge in [-0.25, -0.2) is 15.0 Å². The number of aliphatic imine (C=N–C) groups is 2. The molecule has 38 heavy (non-hydrogen) atoms. The minimum Gasteiger partial charge on any atom is -0.467 e. The van der Waals surface area contributed by atoms with Gasteiger partial charge in [-0.15, -0.1) is 0 Å². The number of nitrogens with one attached hydrogen (secondary N) is 1. The van der Waals surface area contributed by atoms with E-state index in [1.807, 2.05) is 55.5 Å². The third-order valence-corrected chi connectivity index (χ3v) is 7.09. The number of hydrogen-bond donors (Lipinski definition) is 1. The van der Waals surface area contributed by atoms with Crippen molar-refractivity contribution in [3.8, 4) is 5.82 Å². The predicted octanol–water partition coefficient (Wildman–Crippen LogP) is 6.58. The number of rotatable bonds is 3. The van der Waals surface area contributed by atoms with E-state index in [1.165, 1.54) is 11.1 Å². The second-order valence-corrected chi connectivity index (χ2v) is 9.52. The van der Waals surface area contributed by atoms with Crippen molar-refractivity contribution >= 4 is 34.6 Å². The largest absolute Gasteiger partial charge is 0.467 e. The van der Waals surface area contributed by atoms with E-state index in [0.717, 1.165) is 34.1 Å². The summed E-state index contributed by atoms with van der Waals surface area (Å²) in [4.78, 5) is 17.0. The molecule has 0 radical (unpaired) electrons. The van der Waals surface area contributed by atoms with Crippen LogP contribution in [-0.2, 0) is 0 Å². The molecule has 0 saturated carbocycles. The van der Waals surface area contributed by atoms with Crippen LogP contribution < -0.4 is 10.2 Å². The highest BCUT2D eigenvalue weighted by Crippen LogP contribution is 2.48. The van der Waals surface area contributed by atoms with E-state index < -0.39 is 0 Å². The molecule has 186 valence electrons. The lowest BCUT2D eigenvalue weighted by Gasteiger charge is -2.39. The molecule has 0 unspecified atom stereocenters. The van der Waals surface area contributed by atoms with Crippen molar-refractivity contribution in [2.75, 3.05) is 10.2 Å². The van der Waals surface area contributed by atoms with E-state index in [-0.39, 0.29) is 6.04 Å². The Labute approximate surface area is 220 Å². The van der Waals surface area contributed by atoms with Gasteiger partial charge in [0.05, 0.1) is 28.9 Å². The Bertz CT molecular complexity index is 1730. The number of fused-ring (bicyclic) bond motifs is 4. The summed E-state index contributed by atoms with van der Waals surface area (Å²) in [7, 11) is 0. The zero-order chi connectivity index (χ0) is 25.8. The van der Waals surface area contributed by atoms with E-state index in [1.54, 1.807) is 17.1 Å². The van der Waals surface area contributed by atoms with Crippen LogP contribution in [0.4, 0.5) is 22.9 Å². The van der Waals surface area contributed by atoms with Crippen LogP contribution in [0.15, 0.2) is 99.7 Å². The summed E-state index contributed by atoms with van der Waals surface area (Å²) < 4.78 is 7.84. The summed E-state index contributed by atoms with van der Waals surface area (Å²) in [6.07, 6.45) is 3.47. The maximum Gasteiger partial charge on any atom is 0.179 e. The molecule has 1 atom stereocenters. The van der Waals surface area contributed by atoms with Gasteiger partial charge in [0, 0.05) is 11.9 Å². The minimum absolute atomic E-state index is 0.293. The van der Waals surface area contributed by atoms with Gasteiger partial charge in [0.1, 0.15) is 11.8 Å². The van der Waals surface area contributed by atoms with Gasteiger partial charge >= 0.3 is 0 Å². The van der Waals surface area contributed by atoms with Gasteiger partial charge in [0.2, 0.25) is 0 Å². The topological polar surface area (TPSA) is 83.8 Å². The zero-order valence-electron chi connectivity index (χ0n) is 21.3. The van der Waals surface area contributed by atoms with Crippen LogP contribution in [-0.4, -0.2) is 26.4 Å². The molecule has 0 fully saturated rings. The van der Waals surface area contributed by atoms with Gasteiger partial charge in [-0.3, -0.25) is 0 Å². The molecule has 1 N–H and O–H groups in total.